The normalized spacial score (nSPS) is 10.5. The molecule has 0 radical (unpaired) electrons. The van der Waals surface area contributed by atoms with Gasteiger partial charge in [0, 0.05) is 13.0 Å². The van der Waals surface area contributed by atoms with E-state index in [0.717, 1.165) is 18.4 Å². The molecule has 0 heterocycles. The molecule has 0 aromatic heterocycles. The third-order valence-corrected chi connectivity index (χ3v) is 4.32. The van der Waals surface area contributed by atoms with Gasteiger partial charge in [-0.2, -0.15) is 0 Å². The molecule has 0 aliphatic heterocycles. The summed E-state index contributed by atoms with van der Waals surface area (Å²) in [5.74, 6) is 0.0779. The van der Waals surface area contributed by atoms with Crippen LogP contribution >= 0.6 is 23.2 Å². The highest BCUT2D eigenvalue weighted by Crippen LogP contribution is 2.25. The Hall–Kier alpha value is -1.51. The monoisotopic (exact) mass is 335 g/mol. The minimum atomic E-state index is 0.0779. The summed E-state index contributed by atoms with van der Waals surface area (Å²) in [6, 6.07) is 15.8. The molecule has 1 amide bonds. The Morgan fingerprint density at radius 2 is 1.73 bits per heavy atom. The topological polar surface area (TPSA) is 29.1 Å². The van der Waals surface area contributed by atoms with Crippen molar-refractivity contribution in [1.29, 1.82) is 0 Å². The summed E-state index contributed by atoms with van der Waals surface area (Å²) in [6.07, 6.45) is 3.00. The largest absolute Gasteiger partial charge is 0.356 e. The number of hydrogen-bond acceptors (Lipinski definition) is 1. The third kappa shape index (κ3) is 5.36. The molecule has 0 spiro atoms. The maximum atomic E-state index is 11.8. The van der Waals surface area contributed by atoms with Gasteiger partial charge in [0.25, 0.3) is 0 Å². The van der Waals surface area contributed by atoms with Crippen LogP contribution < -0.4 is 5.32 Å². The average molecular weight is 336 g/mol. The highest BCUT2D eigenvalue weighted by atomic mass is 35.5. The smallest absolute Gasteiger partial charge is 0.220 e. The molecule has 0 saturated heterocycles. The summed E-state index contributed by atoms with van der Waals surface area (Å²) in [5, 5.41) is 4.04. The highest BCUT2D eigenvalue weighted by Gasteiger charge is 2.05. The van der Waals surface area contributed by atoms with Crippen LogP contribution in [-0.2, 0) is 17.6 Å². The van der Waals surface area contributed by atoms with E-state index in [2.05, 4.69) is 17.4 Å². The lowest BCUT2D eigenvalue weighted by atomic mass is 10.1. The summed E-state index contributed by atoms with van der Waals surface area (Å²) >= 11 is 12.1. The van der Waals surface area contributed by atoms with Crippen molar-refractivity contribution in [2.75, 3.05) is 6.54 Å². The number of carbonyl (C=O) groups excluding carboxylic acids is 1. The first-order chi connectivity index (χ1) is 10.7. The molecule has 0 atom stereocenters. The van der Waals surface area contributed by atoms with Gasteiger partial charge in [0.1, 0.15) is 0 Å². The molecule has 116 valence electrons. The number of rotatable bonds is 7. The van der Waals surface area contributed by atoms with E-state index in [1.54, 1.807) is 6.07 Å². The first-order valence-electron chi connectivity index (χ1n) is 7.40. The third-order valence-electron chi connectivity index (χ3n) is 3.46. The van der Waals surface area contributed by atoms with E-state index in [0.29, 0.717) is 29.4 Å². The Labute approximate surface area is 141 Å². The van der Waals surface area contributed by atoms with E-state index in [-0.39, 0.29) is 5.91 Å². The van der Waals surface area contributed by atoms with Crippen LogP contribution in [-0.4, -0.2) is 12.5 Å². The first-order valence-corrected chi connectivity index (χ1v) is 8.16. The number of nitrogens with one attached hydrogen (secondary N) is 1. The molecule has 4 heteroatoms. The van der Waals surface area contributed by atoms with Crippen molar-refractivity contribution in [1.82, 2.24) is 5.32 Å². The lowest BCUT2D eigenvalue weighted by Gasteiger charge is -2.08. The molecule has 0 bridgehead atoms. The van der Waals surface area contributed by atoms with E-state index >= 15 is 0 Å². The second-order valence-electron chi connectivity index (χ2n) is 5.15. The zero-order valence-corrected chi connectivity index (χ0v) is 13.8. The second-order valence-corrected chi connectivity index (χ2v) is 5.94. The number of benzene rings is 2. The summed E-state index contributed by atoms with van der Waals surface area (Å²) in [6.45, 7) is 0.574. The number of hydrogen-bond donors (Lipinski definition) is 1. The Morgan fingerprint density at radius 3 is 2.50 bits per heavy atom. The molecule has 2 aromatic rings. The van der Waals surface area contributed by atoms with Crippen LogP contribution in [0.25, 0.3) is 0 Å². The van der Waals surface area contributed by atoms with Crippen molar-refractivity contribution in [3.05, 3.63) is 69.7 Å². The number of carbonyl (C=O) groups is 1. The van der Waals surface area contributed by atoms with Gasteiger partial charge in [0.15, 0.2) is 0 Å². The molecule has 0 aliphatic carbocycles. The molecule has 1 N–H and O–H groups in total. The zero-order chi connectivity index (χ0) is 15.8. The highest BCUT2D eigenvalue weighted by molar-refractivity contribution is 6.42. The van der Waals surface area contributed by atoms with Gasteiger partial charge in [-0.25, -0.2) is 0 Å². The summed E-state index contributed by atoms with van der Waals surface area (Å²) in [4.78, 5) is 11.8. The minimum Gasteiger partial charge on any atom is -0.356 e. The standard InChI is InChI=1S/C18H19Cl2NO/c19-16-10-5-9-15(18(16)20)12-13-21-17(22)11-4-8-14-6-2-1-3-7-14/h1-3,5-7,9-10H,4,8,11-13H2,(H,21,22). The van der Waals surface area contributed by atoms with Crippen LogP contribution in [0.5, 0.6) is 0 Å². The van der Waals surface area contributed by atoms with Crippen molar-refractivity contribution < 1.29 is 4.79 Å². The van der Waals surface area contributed by atoms with Gasteiger partial charge < -0.3 is 5.32 Å². The molecule has 0 aliphatic rings. The van der Waals surface area contributed by atoms with E-state index in [4.69, 9.17) is 23.2 Å². The molecule has 2 rings (SSSR count). The lowest BCUT2D eigenvalue weighted by Crippen LogP contribution is -2.25. The fourth-order valence-corrected chi connectivity index (χ4v) is 2.68. The first kappa shape index (κ1) is 16.9. The summed E-state index contributed by atoms with van der Waals surface area (Å²) in [5.41, 5.74) is 2.22. The SMILES string of the molecule is O=C(CCCc1ccccc1)NCCc1cccc(Cl)c1Cl. The predicted octanol–water partition coefficient (Wildman–Crippen LogP) is 4.68. The maximum Gasteiger partial charge on any atom is 0.220 e. The van der Waals surface area contributed by atoms with Crippen LogP contribution in [0.15, 0.2) is 48.5 Å². The molecule has 2 aromatic carbocycles. The van der Waals surface area contributed by atoms with Gasteiger partial charge in [-0.1, -0.05) is 65.7 Å². The second kappa shape index (κ2) is 8.82. The molecule has 2 nitrogen and oxygen atoms in total. The van der Waals surface area contributed by atoms with Crippen molar-refractivity contribution in [2.24, 2.45) is 0 Å². The van der Waals surface area contributed by atoms with Crippen LogP contribution in [0.1, 0.15) is 24.0 Å². The Balaban J connectivity index is 1.66. The quantitative estimate of drug-likeness (QED) is 0.782. The molecule has 0 unspecified atom stereocenters. The van der Waals surface area contributed by atoms with Crippen molar-refractivity contribution >= 4 is 29.1 Å². The Bertz CT molecular complexity index is 614. The number of aryl methyl sites for hydroxylation is 1. The lowest BCUT2D eigenvalue weighted by molar-refractivity contribution is -0.121. The Kier molecular flexibility index (Phi) is 6.75. The fourth-order valence-electron chi connectivity index (χ4n) is 2.26. The number of amides is 1. The van der Waals surface area contributed by atoms with Crippen molar-refractivity contribution in [3.63, 3.8) is 0 Å². The molecule has 0 saturated carbocycles. The average Bonchev–Trinajstić information content (AvgIpc) is 2.52. The summed E-state index contributed by atoms with van der Waals surface area (Å²) in [7, 11) is 0. The van der Waals surface area contributed by atoms with Gasteiger partial charge >= 0.3 is 0 Å². The van der Waals surface area contributed by atoms with Crippen LogP contribution in [0, 0.1) is 0 Å². The van der Waals surface area contributed by atoms with Crippen LogP contribution in [0.2, 0.25) is 10.0 Å². The van der Waals surface area contributed by atoms with E-state index in [1.165, 1.54) is 5.56 Å². The van der Waals surface area contributed by atoms with Gasteiger partial charge in [-0.15, -0.1) is 0 Å². The molecular weight excluding hydrogens is 317 g/mol. The van der Waals surface area contributed by atoms with Gasteiger partial charge in [0.05, 0.1) is 10.0 Å². The molecule has 0 fully saturated rings. The summed E-state index contributed by atoms with van der Waals surface area (Å²) < 4.78 is 0. The van der Waals surface area contributed by atoms with Gasteiger partial charge in [-0.05, 0) is 36.5 Å². The minimum absolute atomic E-state index is 0.0779. The number of halogens is 2. The van der Waals surface area contributed by atoms with Crippen molar-refractivity contribution in [3.8, 4) is 0 Å². The van der Waals surface area contributed by atoms with Crippen LogP contribution in [0.3, 0.4) is 0 Å². The Morgan fingerprint density at radius 1 is 0.955 bits per heavy atom. The maximum absolute atomic E-state index is 11.8. The van der Waals surface area contributed by atoms with Crippen LogP contribution in [0.4, 0.5) is 0 Å². The molecule has 22 heavy (non-hydrogen) atoms. The zero-order valence-electron chi connectivity index (χ0n) is 12.3. The predicted molar refractivity (Wildman–Crippen MR) is 92.6 cm³/mol. The van der Waals surface area contributed by atoms with E-state index in [9.17, 15) is 4.79 Å². The molecular formula is C18H19Cl2NO. The van der Waals surface area contributed by atoms with Gasteiger partial charge in [0.2, 0.25) is 5.91 Å². The van der Waals surface area contributed by atoms with E-state index < -0.39 is 0 Å². The van der Waals surface area contributed by atoms with Gasteiger partial charge in [-0.3, -0.25) is 4.79 Å². The van der Waals surface area contributed by atoms with E-state index in [1.807, 2.05) is 30.3 Å². The fraction of sp³-hybridized carbons (Fsp3) is 0.278. The van der Waals surface area contributed by atoms with Crippen molar-refractivity contribution in [2.45, 2.75) is 25.7 Å².